The highest BCUT2D eigenvalue weighted by Crippen LogP contribution is 2.42. The van der Waals surface area contributed by atoms with Gasteiger partial charge in [-0.25, -0.2) is 4.98 Å². The van der Waals surface area contributed by atoms with Gasteiger partial charge in [0.2, 0.25) is 0 Å². The Labute approximate surface area is 234 Å². The maximum Gasteiger partial charge on any atom is 0.263 e. The number of nitrogens with zero attached hydrogens (tertiary/aromatic N) is 3. The van der Waals surface area contributed by atoms with Gasteiger partial charge in [-0.05, 0) is 54.2 Å². The Kier molecular flexibility index (Phi) is 8.33. The van der Waals surface area contributed by atoms with Crippen LogP contribution in [0.25, 0.3) is 11.3 Å². The van der Waals surface area contributed by atoms with Gasteiger partial charge in [0.15, 0.2) is 6.61 Å². The van der Waals surface area contributed by atoms with Crippen LogP contribution >= 0.6 is 22.7 Å². The van der Waals surface area contributed by atoms with Crippen LogP contribution in [-0.2, 0) is 20.5 Å². The van der Waals surface area contributed by atoms with Gasteiger partial charge in [-0.3, -0.25) is 4.79 Å². The Balaban J connectivity index is 1.41. The lowest BCUT2D eigenvalue weighted by Crippen LogP contribution is -2.39. The molecule has 3 heterocycles. The Morgan fingerprint density at radius 2 is 1.74 bits per heavy atom. The molecule has 8 heteroatoms. The minimum atomic E-state index is -0.185. The van der Waals surface area contributed by atoms with Gasteiger partial charge >= 0.3 is 0 Å². The van der Waals surface area contributed by atoms with E-state index in [1.807, 2.05) is 29.3 Å². The Morgan fingerprint density at radius 3 is 2.29 bits per heavy atom. The molecule has 1 saturated heterocycles. The minimum absolute atomic E-state index is 0.0282. The van der Waals surface area contributed by atoms with E-state index in [-0.39, 0.29) is 23.3 Å². The van der Waals surface area contributed by atoms with Crippen molar-refractivity contribution in [3.05, 3.63) is 56.0 Å². The first-order valence-electron chi connectivity index (χ1n) is 13.2. The van der Waals surface area contributed by atoms with E-state index < -0.39 is 0 Å². The number of aromatic nitrogens is 1. The number of phenolic OH excluding ortho intramolecular Hbond substituents is 1. The van der Waals surface area contributed by atoms with Gasteiger partial charge in [0.05, 0.1) is 21.3 Å². The molecule has 1 aromatic carbocycles. The number of hydrogen-bond acceptors (Lipinski definition) is 7. The van der Waals surface area contributed by atoms with Crippen molar-refractivity contribution in [2.75, 3.05) is 19.7 Å². The first-order valence-corrected chi connectivity index (χ1v) is 14.9. The summed E-state index contributed by atoms with van der Waals surface area (Å²) in [4.78, 5) is 25.9. The molecular formula is C30H39N3O3S2. The fourth-order valence-corrected chi connectivity index (χ4v) is 6.38. The maximum absolute atomic E-state index is 12.7. The molecule has 1 N–H and O–H groups in total. The summed E-state index contributed by atoms with van der Waals surface area (Å²) in [5.41, 5.74) is 4.29. The molecule has 0 saturated carbocycles. The zero-order valence-corrected chi connectivity index (χ0v) is 25.1. The van der Waals surface area contributed by atoms with Gasteiger partial charge in [0, 0.05) is 41.1 Å². The van der Waals surface area contributed by atoms with Crippen molar-refractivity contribution in [1.29, 1.82) is 0 Å². The zero-order chi connectivity index (χ0) is 27.7. The monoisotopic (exact) mass is 553 g/mol. The third-order valence-electron chi connectivity index (χ3n) is 7.01. The molecular weight excluding hydrogens is 514 g/mol. The molecule has 0 bridgehead atoms. The van der Waals surface area contributed by atoms with Crippen LogP contribution in [0.1, 0.15) is 88.2 Å². The summed E-state index contributed by atoms with van der Waals surface area (Å²) in [6, 6.07) is 8.13. The third kappa shape index (κ3) is 6.46. The molecule has 6 nitrogen and oxygen atoms in total. The predicted octanol–water partition coefficient (Wildman–Crippen LogP) is 7.32. The van der Waals surface area contributed by atoms with Crippen molar-refractivity contribution < 1.29 is 14.7 Å². The van der Waals surface area contributed by atoms with Crippen molar-refractivity contribution in [3.63, 3.8) is 0 Å². The fourth-order valence-electron chi connectivity index (χ4n) is 4.71. The van der Waals surface area contributed by atoms with Crippen LogP contribution in [0.2, 0.25) is 0 Å². The SMILES string of the molecule is CC(=NOCC(=O)N1CCC(c2nc(-c3cc(C(C)(C)C)c(O)c(C(C)(C)C)c3)cs2)CC1)c1cccs1. The van der Waals surface area contributed by atoms with E-state index in [1.54, 1.807) is 22.7 Å². The number of oxime groups is 1. The molecule has 1 aliphatic rings. The smallest absolute Gasteiger partial charge is 0.263 e. The summed E-state index contributed by atoms with van der Waals surface area (Å²) in [5, 5.41) is 20.4. The number of likely N-dealkylation sites (tertiary alicyclic amines) is 1. The molecule has 2 aromatic heterocycles. The van der Waals surface area contributed by atoms with Crippen LogP contribution in [0, 0.1) is 0 Å². The van der Waals surface area contributed by atoms with E-state index in [0.29, 0.717) is 24.8 Å². The lowest BCUT2D eigenvalue weighted by Gasteiger charge is -2.30. The van der Waals surface area contributed by atoms with Crippen molar-refractivity contribution in [3.8, 4) is 17.0 Å². The van der Waals surface area contributed by atoms with E-state index >= 15 is 0 Å². The van der Waals surface area contributed by atoms with Crippen molar-refractivity contribution in [1.82, 2.24) is 9.88 Å². The van der Waals surface area contributed by atoms with Crippen LogP contribution in [0.3, 0.4) is 0 Å². The highest BCUT2D eigenvalue weighted by Gasteiger charge is 2.29. The van der Waals surface area contributed by atoms with Crippen LogP contribution in [0.4, 0.5) is 0 Å². The second kappa shape index (κ2) is 11.2. The van der Waals surface area contributed by atoms with Gasteiger partial charge in [0.25, 0.3) is 5.91 Å². The number of thiazole rings is 1. The molecule has 3 aromatic rings. The molecule has 1 aliphatic heterocycles. The standard InChI is InChI=1S/C30H39N3O3S2/c1-19(25-9-8-14-37-25)32-36-17-26(34)33-12-10-20(11-13-33)28-31-24(18-38-28)21-15-22(29(2,3)4)27(35)23(16-21)30(5,6)7/h8-9,14-16,18,20,35H,10-13,17H2,1-7H3. The number of hydrogen-bond donors (Lipinski definition) is 1. The number of amides is 1. The van der Waals surface area contributed by atoms with Gasteiger partial charge in [0.1, 0.15) is 5.75 Å². The van der Waals surface area contributed by atoms with Gasteiger partial charge in [-0.1, -0.05) is 52.8 Å². The molecule has 0 unspecified atom stereocenters. The minimum Gasteiger partial charge on any atom is -0.507 e. The molecule has 0 atom stereocenters. The summed E-state index contributed by atoms with van der Waals surface area (Å²) in [6.45, 7) is 16.0. The quantitative estimate of drug-likeness (QED) is 0.256. The molecule has 0 aliphatic carbocycles. The second-order valence-corrected chi connectivity index (χ2v) is 13.9. The van der Waals surface area contributed by atoms with E-state index in [2.05, 4.69) is 64.2 Å². The van der Waals surface area contributed by atoms with Crippen molar-refractivity contribution >= 4 is 34.3 Å². The molecule has 38 heavy (non-hydrogen) atoms. The number of carbonyl (C=O) groups is 1. The molecule has 1 fully saturated rings. The summed E-state index contributed by atoms with van der Waals surface area (Å²) in [5.74, 6) is 0.691. The topological polar surface area (TPSA) is 75.0 Å². The van der Waals surface area contributed by atoms with Crippen LogP contribution in [0.15, 0.2) is 40.2 Å². The van der Waals surface area contributed by atoms with Gasteiger partial charge in [-0.2, -0.15) is 0 Å². The lowest BCUT2D eigenvalue weighted by atomic mass is 9.78. The Hall–Kier alpha value is -2.71. The number of phenols is 1. The molecule has 0 spiro atoms. The fraction of sp³-hybridized carbons (Fsp3) is 0.500. The normalized spacial score (nSPS) is 15.7. The highest BCUT2D eigenvalue weighted by molar-refractivity contribution is 7.12. The third-order valence-corrected chi connectivity index (χ3v) is 8.99. The second-order valence-electron chi connectivity index (χ2n) is 12.1. The summed E-state index contributed by atoms with van der Waals surface area (Å²) in [7, 11) is 0. The number of aromatic hydroxyl groups is 1. The van der Waals surface area contributed by atoms with E-state index in [9.17, 15) is 9.90 Å². The van der Waals surface area contributed by atoms with Crippen molar-refractivity contribution in [2.24, 2.45) is 5.16 Å². The first kappa shape index (κ1) is 28.3. The number of benzene rings is 1. The lowest BCUT2D eigenvalue weighted by molar-refractivity contribution is -0.137. The van der Waals surface area contributed by atoms with Crippen molar-refractivity contribution in [2.45, 2.75) is 78.1 Å². The summed E-state index contributed by atoms with van der Waals surface area (Å²) in [6.07, 6.45) is 1.76. The first-order chi connectivity index (χ1) is 17.8. The van der Waals surface area contributed by atoms with E-state index in [0.717, 1.165) is 50.8 Å². The number of thiophene rings is 1. The van der Waals surface area contributed by atoms with Crippen LogP contribution in [-0.4, -0.2) is 46.3 Å². The van der Waals surface area contributed by atoms with E-state index in [1.165, 1.54) is 0 Å². The summed E-state index contributed by atoms with van der Waals surface area (Å²) >= 11 is 3.29. The van der Waals surface area contributed by atoms with E-state index in [4.69, 9.17) is 9.82 Å². The number of piperidine rings is 1. The average Bonchev–Trinajstić information content (AvgIpc) is 3.56. The number of carbonyl (C=O) groups excluding carboxylic acids is 1. The molecule has 1 amide bonds. The van der Waals surface area contributed by atoms with Gasteiger partial charge in [-0.15, -0.1) is 22.7 Å². The maximum atomic E-state index is 12.7. The Bertz CT molecular complexity index is 1250. The highest BCUT2D eigenvalue weighted by atomic mass is 32.1. The molecule has 4 rings (SSSR count). The average molecular weight is 554 g/mol. The van der Waals surface area contributed by atoms with Crippen LogP contribution in [0.5, 0.6) is 5.75 Å². The van der Waals surface area contributed by atoms with Crippen LogP contribution < -0.4 is 0 Å². The molecule has 0 radical (unpaired) electrons. The Morgan fingerprint density at radius 1 is 1.11 bits per heavy atom. The zero-order valence-electron chi connectivity index (χ0n) is 23.5. The van der Waals surface area contributed by atoms with Gasteiger partial charge < -0.3 is 14.8 Å². The molecule has 204 valence electrons. The predicted molar refractivity (Wildman–Crippen MR) is 158 cm³/mol. The summed E-state index contributed by atoms with van der Waals surface area (Å²) < 4.78 is 0. The number of rotatable bonds is 6. The largest absolute Gasteiger partial charge is 0.507 e.